The highest BCUT2D eigenvalue weighted by atomic mass is 79.9. The SMILES string of the molecule is CC(CC(N)c1cscc1Br)CC(C)(C)C. The number of halogens is 1. The minimum atomic E-state index is 0.165. The van der Waals surface area contributed by atoms with E-state index in [1.165, 1.54) is 12.0 Å². The van der Waals surface area contributed by atoms with E-state index in [9.17, 15) is 0 Å². The van der Waals surface area contributed by atoms with Crippen molar-refractivity contribution in [1.29, 1.82) is 0 Å². The summed E-state index contributed by atoms with van der Waals surface area (Å²) in [5.74, 6) is 0.668. The van der Waals surface area contributed by atoms with Gasteiger partial charge in [-0.2, -0.15) is 11.3 Å². The average Bonchev–Trinajstić information content (AvgIpc) is 2.47. The van der Waals surface area contributed by atoms with Gasteiger partial charge < -0.3 is 5.73 Å². The second-order valence-corrected chi connectivity index (χ2v) is 7.49. The minimum Gasteiger partial charge on any atom is -0.324 e. The summed E-state index contributed by atoms with van der Waals surface area (Å²) in [6.07, 6.45) is 2.29. The highest BCUT2D eigenvalue weighted by molar-refractivity contribution is 9.10. The van der Waals surface area contributed by atoms with Gasteiger partial charge in [-0.15, -0.1) is 0 Å². The highest BCUT2D eigenvalue weighted by Gasteiger charge is 2.19. The fraction of sp³-hybridized carbons (Fsp3) is 0.692. The molecule has 3 heteroatoms. The first kappa shape index (κ1) is 14.2. The Kier molecular flexibility index (Phi) is 5.02. The lowest BCUT2D eigenvalue weighted by molar-refractivity contribution is 0.286. The molecule has 0 radical (unpaired) electrons. The van der Waals surface area contributed by atoms with Crippen molar-refractivity contribution in [2.24, 2.45) is 17.1 Å². The summed E-state index contributed by atoms with van der Waals surface area (Å²) in [7, 11) is 0. The van der Waals surface area contributed by atoms with E-state index in [-0.39, 0.29) is 6.04 Å². The molecule has 1 nitrogen and oxygen atoms in total. The van der Waals surface area contributed by atoms with Gasteiger partial charge in [-0.25, -0.2) is 0 Å². The van der Waals surface area contributed by atoms with Crippen LogP contribution in [0.5, 0.6) is 0 Å². The van der Waals surface area contributed by atoms with Crippen molar-refractivity contribution in [3.05, 3.63) is 20.8 Å². The largest absolute Gasteiger partial charge is 0.324 e. The molecule has 1 rings (SSSR count). The van der Waals surface area contributed by atoms with Gasteiger partial charge in [-0.3, -0.25) is 0 Å². The molecule has 0 saturated carbocycles. The predicted molar refractivity (Wildman–Crippen MR) is 76.8 cm³/mol. The molecule has 1 aromatic rings. The maximum absolute atomic E-state index is 6.24. The molecule has 2 N–H and O–H groups in total. The molecule has 0 saturated heterocycles. The second kappa shape index (κ2) is 5.65. The Balaban J connectivity index is 2.52. The normalized spacial score (nSPS) is 16.1. The average molecular weight is 304 g/mol. The first-order chi connectivity index (χ1) is 7.29. The molecule has 0 aliphatic heterocycles. The van der Waals surface area contributed by atoms with Gasteiger partial charge in [0.25, 0.3) is 0 Å². The van der Waals surface area contributed by atoms with E-state index in [2.05, 4.69) is 54.4 Å². The summed E-state index contributed by atoms with van der Waals surface area (Å²) in [6, 6.07) is 0.165. The van der Waals surface area contributed by atoms with Gasteiger partial charge >= 0.3 is 0 Å². The fourth-order valence-corrected chi connectivity index (χ4v) is 3.90. The molecule has 0 spiro atoms. The number of nitrogens with two attached hydrogens (primary N) is 1. The first-order valence-corrected chi connectivity index (χ1v) is 7.50. The zero-order chi connectivity index (χ0) is 12.3. The zero-order valence-corrected chi connectivity index (χ0v) is 13.0. The molecule has 0 bridgehead atoms. The summed E-state index contributed by atoms with van der Waals surface area (Å²) < 4.78 is 1.16. The van der Waals surface area contributed by atoms with Gasteiger partial charge in [-0.1, -0.05) is 27.7 Å². The van der Waals surface area contributed by atoms with Gasteiger partial charge in [0.1, 0.15) is 0 Å². The molecular formula is C13H22BrNS. The van der Waals surface area contributed by atoms with Crippen LogP contribution in [0.4, 0.5) is 0 Å². The summed E-state index contributed by atoms with van der Waals surface area (Å²) in [4.78, 5) is 0. The van der Waals surface area contributed by atoms with Crippen molar-refractivity contribution in [2.75, 3.05) is 0 Å². The maximum Gasteiger partial charge on any atom is 0.0330 e. The minimum absolute atomic E-state index is 0.165. The Labute approximate surface area is 112 Å². The van der Waals surface area contributed by atoms with Gasteiger partial charge in [0, 0.05) is 15.9 Å². The molecule has 2 atom stereocenters. The van der Waals surface area contributed by atoms with Crippen molar-refractivity contribution in [3.8, 4) is 0 Å². The Bertz CT molecular complexity index is 327. The molecule has 0 aliphatic carbocycles. The maximum atomic E-state index is 6.24. The molecule has 0 aliphatic rings. The van der Waals surface area contributed by atoms with Crippen LogP contribution in [0.2, 0.25) is 0 Å². The number of hydrogen-bond donors (Lipinski definition) is 1. The van der Waals surface area contributed by atoms with Crippen LogP contribution in [0.3, 0.4) is 0 Å². The van der Waals surface area contributed by atoms with Crippen molar-refractivity contribution in [2.45, 2.75) is 46.6 Å². The summed E-state index contributed by atoms with van der Waals surface area (Å²) in [5.41, 5.74) is 7.89. The van der Waals surface area contributed by atoms with Gasteiger partial charge in [0.05, 0.1) is 0 Å². The van der Waals surface area contributed by atoms with Crippen molar-refractivity contribution >= 4 is 27.3 Å². The molecule has 1 aromatic heterocycles. The van der Waals surface area contributed by atoms with Crippen LogP contribution in [0.1, 0.15) is 52.1 Å². The van der Waals surface area contributed by atoms with Crippen LogP contribution in [-0.4, -0.2) is 0 Å². The van der Waals surface area contributed by atoms with E-state index in [4.69, 9.17) is 5.73 Å². The zero-order valence-electron chi connectivity index (χ0n) is 10.6. The Hall–Kier alpha value is 0.140. The topological polar surface area (TPSA) is 26.0 Å². The smallest absolute Gasteiger partial charge is 0.0330 e. The predicted octanol–water partition coefficient (Wildman–Crippen LogP) is 4.97. The van der Waals surface area contributed by atoms with Gasteiger partial charge in [-0.05, 0) is 51.0 Å². The Morgan fingerprint density at radius 1 is 1.38 bits per heavy atom. The lowest BCUT2D eigenvalue weighted by atomic mass is 9.82. The number of hydrogen-bond acceptors (Lipinski definition) is 2. The highest BCUT2D eigenvalue weighted by Crippen LogP contribution is 2.33. The van der Waals surface area contributed by atoms with Crippen molar-refractivity contribution < 1.29 is 0 Å². The van der Waals surface area contributed by atoms with Crippen molar-refractivity contribution in [3.63, 3.8) is 0 Å². The summed E-state index contributed by atoms with van der Waals surface area (Å²) >= 11 is 5.26. The summed E-state index contributed by atoms with van der Waals surface area (Å²) in [6.45, 7) is 9.16. The van der Waals surface area contributed by atoms with Gasteiger partial charge in [0.15, 0.2) is 0 Å². The Morgan fingerprint density at radius 2 is 2.00 bits per heavy atom. The molecule has 2 unspecified atom stereocenters. The standard InChI is InChI=1S/C13H22BrNS/c1-9(6-13(2,3)4)5-12(15)10-7-16-8-11(10)14/h7-9,12H,5-6,15H2,1-4H3. The van der Waals surface area contributed by atoms with E-state index in [0.717, 1.165) is 10.9 Å². The number of rotatable bonds is 4. The third kappa shape index (κ3) is 4.56. The van der Waals surface area contributed by atoms with Crippen LogP contribution >= 0.6 is 27.3 Å². The quantitative estimate of drug-likeness (QED) is 0.834. The van der Waals surface area contributed by atoms with E-state index in [0.29, 0.717) is 11.3 Å². The molecule has 16 heavy (non-hydrogen) atoms. The van der Waals surface area contributed by atoms with E-state index in [1.54, 1.807) is 11.3 Å². The monoisotopic (exact) mass is 303 g/mol. The molecule has 92 valence electrons. The third-order valence-electron chi connectivity index (χ3n) is 2.66. The lowest BCUT2D eigenvalue weighted by Gasteiger charge is -2.25. The van der Waals surface area contributed by atoms with Crippen LogP contribution in [0.25, 0.3) is 0 Å². The molecule has 1 heterocycles. The Morgan fingerprint density at radius 3 is 2.44 bits per heavy atom. The fourth-order valence-electron chi connectivity index (χ4n) is 2.25. The van der Waals surface area contributed by atoms with Crippen LogP contribution in [0, 0.1) is 11.3 Å². The second-order valence-electron chi connectivity index (χ2n) is 5.89. The van der Waals surface area contributed by atoms with Crippen molar-refractivity contribution in [1.82, 2.24) is 0 Å². The van der Waals surface area contributed by atoms with E-state index >= 15 is 0 Å². The number of thiophene rings is 1. The molecule has 0 fully saturated rings. The molecular weight excluding hydrogens is 282 g/mol. The third-order valence-corrected chi connectivity index (χ3v) is 4.41. The van der Waals surface area contributed by atoms with E-state index in [1.807, 2.05) is 0 Å². The lowest BCUT2D eigenvalue weighted by Crippen LogP contribution is -2.18. The van der Waals surface area contributed by atoms with Gasteiger partial charge in [0.2, 0.25) is 0 Å². The van der Waals surface area contributed by atoms with E-state index < -0.39 is 0 Å². The first-order valence-electron chi connectivity index (χ1n) is 5.77. The van der Waals surface area contributed by atoms with Crippen LogP contribution in [0.15, 0.2) is 15.2 Å². The van der Waals surface area contributed by atoms with Crippen LogP contribution in [-0.2, 0) is 0 Å². The summed E-state index contributed by atoms with van der Waals surface area (Å²) in [5, 5.41) is 4.25. The molecule has 0 amide bonds. The van der Waals surface area contributed by atoms with Crippen LogP contribution < -0.4 is 5.73 Å². The molecule has 0 aromatic carbocycles.